The molecule has 0 bridgehead atoms. The van der Waals surface area contributed by atoms with Crippen molar-refractivity contribution in [2.24, 2.45) is 35.5 Å². The van der Waals surface area contributed by atoms with Gasteiger partial charge in [-0.3, -0.25) is 24.1 Å². The van der Waals surface area contributed by atoms with Crippen molar-refractivity contribution in [3.63, 3.8) is 0 Å². The number of rotatable bonds is 2. The summed E-state index contributed by atoms with van der Waals surface area (Å²) >= 11 is 0. The molecule has 0 N–H and O–H groups in total. The lowest BCUT2D eigenvalue weighted by Crippen LogP contribution is -2.35. The van der Waals surface area contributed by atoms with Crippen LogP contribution in [-0.2, 0) is 25.4 Å². The summed E-state index contributed by atoms with van der Waals surface area (Å²) in [6.45, 7) is 6.04. The maximum absolute atomic E-state index is 14.0. The number of carbonyl (C=O) groups is 4. The maximum Gasteiger partial charge on any atom is 0.417 e. The number of halogens is 3. The molecule has 4 fully saturated rings. The minimum Gasteiger partial charge on any atom is -0.285 e. The predicted octanol–water partition coefficient (Wildman–Crippen LogP) is 4.88. The highest BCUT2D eigenvalue weighted by atomic mass is 19.4. The summed E-state index contributed by atoms with van der Waals surface area (Å²) < 4.78 is 41.9. The summed E-state index contributed by atoms with van der Waals surface area (Å²) in [5, 5.41) is 0. The monoisotopic (exact) mass is 518 g/mol. The number of fused-ring (bicyclic) bond motifs is 2. The van der Waals surface area contributed by atoms with E-state index in [0.29, 0.717) is 36.8 Å². The Bertz CT molecular complexity index is 1220. The first-order valence-corrected chi connectivity index (χ1v) is 13.1. The van der Waals surface area contributed by atoms with Crippen molar-refractivity contribution in [1.29, 1.82) is 0 Å². The lowest BCUT2D eigenvalue weighted by atomic mass is 9.64. The number of benzene rings is 1. The Hall–Kier alpha value is -2.71. The van der Waals surface area contributed by atoms with E-state index in [2.05, 4.69) is 0 Å². The zero-order chi connectivity index (χ0) is 27.1. The van der Waals surface area contributed by atoms with Gasteiger partial charge in [-0.1, -0.05) is 0 Å². The van der Waals surface area contributed by atoms with Gasteiger partial charge < -0.3 is 0 Å². The molecular weight excluding hydrogens is 485 g/mol. The van der Waals surface area contributed by atoms with E-state index in [1.165, 1.54) is 25.8 Å². The van der Waals surface area contributed by atoms with Gasteiger partial charge in [0.05, 0.1) is 34.9 Å². The zero-order valence-corrected chi connectivity index (χ0v) is 21.9. The molecule has 1 aromatic carbocycles. The van der Waals surface area contributed by atoms with E-state index in [0.717, 1.165) is 17.7 Å². The summed E-state index contributed by atoms with van der Waals surface area (Å²) in [5.74, 6) is -2.40. The van der Waals surface area contributed by atoms with Gasteiger partial charge in [-0.2, -0.15) is 13.2 Å². The van der Waals surface area contributed by atoms with Crippen LogP contribution in [0.15, 0.2) is 0 Å². The summed E-state index contributed by atoms with van der Waals surface area (Å²) in [6, 6.07) is 0. The molecule has 4 amide bonds. The maximum atomic E-state index is 14.0. The molecule has 200 valence electrons. The Morgan fingerprint density at radius 1 is 0.622 bits per heavy atom. The van der Waals surface area contributed by atoms with Crippen LogP contribution in [0.2, 0.25) is 0 Å². The topological polar surface area (TPSA) is 74.8 Å². The standard InChI is InChI=1S/C28H33F3N2O4/c1-12-13(2)22(28(29,30)31)15(4)23(14(12)3)33-26(36)19-9-7-17(11-21(19)27(33)37)16-6-8-18-20(10-16)25(35)32(5)24(18)34/h16-21H,6-11H2,1-5H3. The number of nitrogens with zero attached hydrogens (tertiary/aromatic N) is 2. The van der Waals surface area contributed by atoms with Crippen molar-refractivity contribution in [1.82, 2.24) is 4.90 Å². The highest BCUT2D eigenvalue weighted by Gasteiger charge is 2.55. The van der Waals surface area contributed by atoms with Crippen LogP contribution in [0.25, 0.3) is 0 Å². The number of anilines is 1. The SMILES string of the molecule is Cc1c(C)c(N2C(=O)C3CCC(C4CCC5C(=O)N(C)C(=O)C5C4)CC3C2=O)c(C)c(C(F)(F)F)c1C. The van der Waals surface area contributed by atoms with Crippen LogP contribution in [0.4, 0.5) is 18.9 Å². The molecule has 2 saturated carbocycles. The van der Waals surface area contributed by atoms with Crippen LogP contribution in [0.5, 0.6) is 0 Å². The predicted molar refractivity (Wildman–Crippen MR) is 129 cm³/mol. The van der Waals surface area contributed by atoms with Crippen molar-refractivity contribution >= 4 is 29.3 Å². The Balaban J connectivity index is 1.42. The molecule has 2 heterocycles. The summed E-state index contributed by atoms with van der Waals surface area (Å²) in [4.78, 5) is 54.4. The van der Waals surface area contributed by atoms with Gasteiger partial charge in [0.2, 0.25) is 23.6 Å². The Kier molecular flexibility index (Phi) is 6.07. The Labute approximate surface area is 214 Å². The van der Waals surface area contributed by atoms with Crippen LogP contribution in [0.3, 0.4) is 0 Å². The van der Waals surface area contributed by atoms with E-state index in [4.69, 9.17) is 0 Å². The fraction of sp³-hybridized carbons (Fsp3) is 0.643. The molecule has 0 radical (unpaired) electrons. The van der Waals surface area contributed by atoms with Crippen molar-refractivity contribution < 1.29 is 32.3 Å². The molecule has 4 aliphatic rings. The number of alkyl halides is 3. The van der Waals surface area contributed by atoms with Crippen molar-refractivity contribution in [2.75, 3.05) is 11.9 Å². The van der Waals surface area contributed by atoms with Gasteiger partial charge in [-0.15, -0.1) is 0 Å². The summed E-state index contributed by atoms with van der Waals surface area (Å²) in [6.07, 6.45) is -0.827. The average molecular weight is 519 g/mol. The number of likely N-dealkylation sites (tertiary alicyclic amines) is 1. The van der Waals surface area contributed by atoms with E-state index in [1.54, 1.807) is 13.8 Å². The quantitative estimate of drug-likeness (QED) is 0.524. The van der Waals surface area contributed by atoms with Gasteiger partial charge in [-0.25, -0.2) is 4.90 Å². The van der Waals surface area contributed by atoms with Crippen LogP contribution < -0.4 is 4.90 Å². The third kappa shape index (κ3) is 3.75. The lowest BCUT2D eigenvalue weighted by Gasteiger charge is -2.38. The second-order valence-electron chi connectivity index (χ2n) is 11.5. The molecule has 6 atom stereocenters. The van der Waals surface area contributed by atoms with E-state index < -0.39 is 35.4 Å². The fourth-order valence-corrected chi connectivity index (χ4v) is 7.75. The second-order valence-corrected chi connectivity index (χ2v) is 11.5. The molecule has 9 heteroatoms. The lowest BCUT2D eigenvalue weighted by molar-refractivity contribution is -0.139. The molecule has 0 aromatic heterocycles. The molecule has 2 aliphatic heterocycles. The second kappa shape index (κ2) is 8.67. The van der Waals surface area contributed by atoms with Gasteiger partial charge in [0, 0.05) is 7.05 Å². The van der Waals surface area contributed by atoms with E-state index in [9.17, 15) is 32.3 Å². The smallest absolute Gasteiger partial charge is 0.285 e. The summed E-state index contributed by atoms with van der Waals surface area (Å²) in [7, 11) is 1.53. The van der Waals surface area contributed by atoms with E-state index in [-0.39, 0.29) is 52.3 Å². The van der Waals surface area contributed by atoms with Crippen LogP contribution >= 0.6 is 0 Å². The molecule has 6 nitrogen and oxygen atoms in total. The molecule has 37 heavy (non-hydrogen) atoms. The van der Waals surface area contributed by atoms with Gasteiger partial charge in [0.1, 0.15) is 0 Å². The van der Waals surface area contributed by atoms with Crippen molar-refractivity contribution in [2.45, 2.75) is 72.4 Å². The Morgan fingerprint density at radius 3 is 1.62 bits per heavy atom. The molecule has 6 unspecified atom stereocenters. The molecule has 1 aromatic rings. The summed E-state index contributed by atoms with van der Waals surface area (Å²) in [5.41, 5.74) is 0.276. The van der Waals surface area contributed by atoms with Crippen LogP contribution in [0.1, 0.15) is 66.3 Å². The zero-order valence-electron chi connectivity index (χ0n) is 21.9. The number of carbonyl (C=O) groups excluding carboxylic acids is 4. The van der Waals surface area contributed by atoms with E-state index in [1.807, 2.05) is 0 Å². The Morgan fingerprint density at radius 2 is 1.08 bits per heavy atom. The van der Waals surface area contributed by atoms with Gasteiger partial charge >= 0.3 is 6.18 Å². The highest BCUT2D eigenvalue weighted by Crippen LogP contribution is 2.51. The molecular formula is C28H33F3N2O4. The van der Waals surface area contributed by atoms with Crippen LogP contribution in [-0.4, -0.2) is 35.6 Å². The number of hydrogen-bond acceptors (Lipinski definition) is 4. The van der Waals surface area contributed by atoms with E-state index >= 15 is 0 Å². The first kappa shape index (κ1) is 25.9. The minimum absolute atomic E-state index is 0.0787. The largest absolute Gasteiger partial charge is 0.417 e. The third-order valence-electron chi connectivity index (χ3n) is 9.91. The molecule has 2 saturated heterocycles. The van der Waals surface area contributed by atoms with Crippen molar-refractivity contribution in [3.8, 4) is 0 Å². The van der Waals surface area contributed by atoms with Gasteiger partial charge in [0.25, 0.3) is 0 Å². The average Bonchev–Trinajstić information content (AvgIpc) is 3.21. The first-order chi connectivity index (χ1) is 17.3. The number of imide groups is 2. The number of hydrogen-bond donors (Lipinski definition) is 0. The van der Waals surface area contributed by atoms with Gasteiger partial charge in [0.15, 0.2) is 0 Å². The van der Waals surface area contributed by atoms with Crippen molar-refractivity contribution in [3.05, 3.63) is 27.8 Å². The van der Waals surface area contributed by atoms with Crippen LogP contribution in [0, 0.1) is 63.2 Å². The molecule has 5 rings (SSSR count). The molecule has 0 spiro atoms. The molecule has 2 aliphatic carbocycles. The first-order valence-electron chi connectivity index (χ1n) is 13.1. The highest BCUT2D eigenvalue weighted by molar-refractivity contribution is 6.23. The van der Waals surface area contributed by atoms with Gasteiger partial charge in [-0.05, 0) is 100 Å². The third-order valence-corrected chi connectivity index (χ3v) is 9.91. The normalized spacial score (nSPS) is 32.3. The fourth-order valence-electron chi connectivity index (χ4n) is 7.75. The minimum atomic E-state index is -4.60. The number of amides is 4.